The first-order chi connectivity index (χ1) is 12.0. The summed E-state index contributed by atoms with van der Waals surface area (Å²) in [6.07, 6.45) is 5.38. The number of likely N-dealkylation sites (tertiary alicyclic amines) is 1. The number of carbonyl (C=O) groups is 2. The van der Waals surface area contributed by atoms with E-state index < -0.39 is 0 Å². The van der Waals surface area contributed by atoms with Crippen LogP contribution in [0.3, 0.4) is 0 Å². The Hall–Kier alpha value is -1.91. The van der Waals surface area contributed by atoms with Crippen LogP contribution in [-0.2, 0) is 16.0 Å². The Morgan fingerprint density at radius 2 is 1.92 bits per heavy atom. The van der Waals surface area contributed by atoms with Gasteiger partial charge in [-0.1, -0.05) is 19.1 Å². The van der Waals surface area contributed by atoms with E-state index >= 15 is 0 Å². The van der Waals surface area contributed by atoms with Crippen LogP contribution >= 0.6 is 0 Å². The van der Waals surface area contributed by atoms with Crippen LogP contribution in [0.1, 0.15) is 51.5 Å². The van der Waals surface area contributed by atoms with Gasteiger partial charge in [-0.15, -0.1) is 0 Å². The maximum Gasteiger partial charge on any atom is 0.224 e. The van der Waals surface area contributed by atoms with Gasteiger partial charge in [0.1, 0.15) is 5.82 Å². The third-order valence-corrected chi connectivity index (χ3v) is 5.04. The second kappa shape index (κ2) is 9.54. The van der Waals surface area contributed by atoms with Crippen molar-refractivity contribution < 1.29 is 14.0 Å². The van der Waals surface area contributed by atoms with E-state index in [2.05, 4.69) is 6.92 Å². The van der Waals surface area contributed by atoms with Crippen LogP contribution in [0.4, 0.5) is 4.39 Å². The minimum Gasteiger partial charge on any atom is -0.342 e. The Labute approximate surface area is 150 Å². The molecule has 1 atom stereocenters. The molecule has 2 rings (SSSR count). The van der Waals surface area contributed by atoms with Crippen LogP contribution in [-0.4, -0.2) is 47.3 Å². The van der Waals surface area contributed by atoms with Crippen LogP contribution in [0.5, 0.6) is 0 Å². The molecule has 0 bridgehead atoms. The molecule has 0 spiro atoms. The number of rotatable bonds is 7. The van der Waals surface area contributed by atoms with Gasteiger partial charge in [0, 0.05) is 39.0 Å². The molecule has 0 aromatic heterocycles. The molecule has 5 heteroatoms. The van der Waals surface area contributed by atoms with Crippen LogP contribution in [0.15, 0.2) is 24.3 Å². The first-order valence-electron chi connectivity index (χ1n) is 9.30. The molecule has 138 valence electrons. The quantitative estimate of drug-likeness (QED) is 0.758. The predicted molar refractivity (Wildman–Crippen MR) is 96.6 cm³/mol. The van der Waals surface area contributed by atoms with Crippen LogP contribution in [0, 0.1) is 5.82 Å². The summed E-state index contributed by atoms with van der Waals surface area (Å²) in [6, 6.07) is 6.68. The van der Waals surface area contributed by atoms with E-state index in [1.807, 2.05) is 4.90 Å². The maximum absolute atomic E-state index is 13.0. The largest absolute Gasteiger partial charge is 0.342 e. The number of hydrogen-bond donors (Lipinski definition) is 0. The van der Waals surface area contributed by atoms with E-state index in [1.165, 1.54) is 25.5 Å². The van der Waals surface area contributed by atoms with E-state index in [1.54, 1.807) is 17.0 Å². The summed E-state index contributed by atoms with van der Waals surface area (Å²) in [5.41, 5.74) is 0.987. The molecule has 4 nitrogen and oxygen atoms in total. The molecule has 0 saturated carbocycles. The summed E-state index contributed by atoms with van der Waals surface area (Å²) < 4.78 is 13.0. The highest BCUT2D eigenvalue weighted by Crippen LogP contribution is 2.20. The second-order valence-corrected chi connectivity index (χ2v) is 6.78. The van der Waals surface area contributed by atoms with Crippen molar-refractivity contribution in [2.75, 3.05) is 19.6 Å². The molecule has 2 amide bonds. The highest BCUT2D eigenvalue weighted by atomic mass is 19.1. The fraction of sp³-hybridized carbons (Fsp3) is 0.600. The predicted octanol–water partition coefficient (Wildman–Crippen LogP) is 3.40. The summed E-state index contributed by atoms with van der Waals surface area (Å²) in [7, 11) is 0. The highest BCUT2D eigenvalue weighted by molar-refractivity contribution is 5.78. The summed E-state index contributed by atoms with van der Waals surface area (Å²) in [6.45, 7) is 5.49. The second-order valence-electron chi connectivity index (χ2n) is 6.78. The number of nitrogens with zero attached hydrogens (tertiary/aromatic N) is 2. The number of halogens is 1. The average molecular weight is 348 g/mol. The fourth-order valence-corrected chi connectivity index (χ4v) is 3.47. The van der Waals surface area contributed by atoms with E-state index in [0.29, 0.717) is 32.0 Å². The Morgan fingerprint density at radius 3 is 2.56 bits per heavy atom. The molecular weight excluding hydrogens is 319 g/mol. The summed E-state index contributed by atoms with van der Waals surface area (Å²) in [4.78, 5) is 28.1. The normalized spacial score (nSPS) is 17.4. The number of amides is 2. The van der Waals surface area contributed by atoms with Crippen molar-refractivity contribution >= 4 is 11.8 Å². The summed E-state index contributed by atoms with van der Waals surface area (Å²) >= 11 is 0. The van der Waals surface area contributed by atoms with E-state index in [-0.39, 0.29) is 17.6 Å². The molecular formula is C20H29FN2O2. The molecule has 25 heavy (non-hydrogen) atoms. The van der Waals surface area contributed by atoms with Crippen LogP contribution in [0.25, 0.3) is 0 Å². The lowest BCUT2D eigenvalue weighted by atomic mass is 9.99. The van der Waals surface area contributed by atoms with Crippen molar-refractivity contribution in [2.24, 2.45) is 0 Å². The summed E-state index contributed by atoms with van der Waals surface area (Å²) in [5, 5.41) is 0. The lowest BCUT2D eigenvalue weighted by Gasteiger charge is -2.35. The van der Waals surface area contributed by atoms with E-state index in [0.717, 1.165) is 31.4 Å². The summed E-state index contributed by atoms with van der Waals surface area (Å²) in [5.74, 6) is -0.134. The lowest BCUT2D eigenvalue weighted by molar-refractivity contribution is -0.136. The van der Waals surface area contributed by atoms with Crippen molar-refractivity contribution in [3.05, 3.63) is 35.6 Å². The van der Waals surface area contributed by atoms with Gasteiger partial charge in [-0.05, 0) is 49.8 Å². The number of hydrogen-bond acceptors (Lipinski definition) is 2. The average Bonchev–Trinajstić information content (AvgIpc) is 2.62. The number of benzene rings is 1. The molecule has 1 aliphatic rings. The van der Waals surface area contributed by atoms with Crippen molar-refractivity contribution in [3.8, 4) is 0 Å². The zero-order valence-electron chi connectivity index (χ0n) is 15.3. The van der Waals surface area contributed by atoms with Crippen LogP contribution in [0.2, 0.25) is 0 Å². The first kappa shape index (κ1) is 19.4. The van der Waals surface area contributed by atoms with Crippen LogP contribution < -0.4 is 0 Å². The smallest absolute Gasteiger partial charge is 0.224 e. The standard InChI is InChI=1S/C20H29FN2O2/c1-3-19-6-4-5-13-23(19)20(25)12-15-22(16(2)24)14-11-17-7-9-18(21)10-8-17/h7-10,19H,3-6,11-15H2,1-2H3. The molecule has 1 aromatic carbocycles. The molecule has 1 heterocycles. The highest BCUT2D eigenvalue weighted by Gasteiger charge is 2.25. The van der Waals surface area contributed by atoms with Gasteiger partial charge >= 0.3 is 0 Å². The molecule has 1 saturated heterocycles. The lowest BCUT2D eigenvalue weighted by Crippen LogP contribution is -2.44. The molecule has 0 aliphatic carbocycles. The van der Waals surface area contributed by atoms with Gasteiger partial charge in [0.2, 0.25) is 11.8 Å². The van der Waals surface area contributed by atoms with Gasteiger partial charge < -0.3 is 9.80 Å². The van der Waals surface area contributed by atoms with Gasteiger partial charge in [0.25, 0.3) is 0 Å². The van der Waals surface area contributed by atoms with E-state index in [9.17, 15) is 14.0 Å². The van der Waals surface area contributed by atoms with Crippen molar-refractivity contribution in [2.45, 2.75) is 58.4 Å². The zero-order chi connectivity index (χ0) is 18.2. The number of carbonyl (C=O) groups excluding carboxylic acids is 2. The van der Waals surface area contributed by atoms with Gasteiger partial charge in [0.15, 0.2) is 0 Å². The first-order valence-corrected chi connectivity index (χ1v) is 9.30. The maximum atomic E-state index is 13.0. The molecule has 0 radical (unpaired) electrons. The van der Waals surface area contributed by atoms with Crippen molar-refractivity contribution in [3.63, 3.8) is 0 Å². The molecule has 1 unspecified atom stereocenters. The minimum absolute atomic E-state index is 0.0272. The van der Waals surface area contributed by atoms with Gasteiger partial charge in [-0.3, -0.25) is 9.59 Å². The molecule has 1 aromatic rings. The van der Waals surface area contributed by atoms with Gasteiger partial charge in [-0.2, -0.15) is 0 Å². The van der Waals surface area contributed by atoms with Crippen molar-refractivity contribution in [1.29, 1.82) is 0 Å². The third kappa shape index (κ3) is 5.83. The fourth-order valence-electron chi connectivity index (χ4n) is 3.47. The SMILES string of the molecule is CCC1CCCCN1C(=O)CCN(CCc1ccc(F)cc1)C(C)=O. The molecule has 0 N–H and O–H groups in total. The van der Waals surface area contributed by atoms with E-state index in [4.69, 9.17) is 0 Å². The monoisotopic (exact) mass is 348 g/mol. The molecule has 1 aliphatic heterocycles. The molecule has 1 fully saturated rings. The minimum atomic E-state index is -0.259. The van der Waals surface area contributed by atoms with Gasteiger partial charge in [-0.25, -0.2) is 4.39 Å². The number of piperidine rings is 1. The van der Waals surface area contributed by atoms with Crippen molar-refractivity contribution in [1.82, 2.24) is 9.80 Å². The zero-order valence-corrected chi connectivity index (χ0v) is 15.3. The topological polar surface area (TPSA) is 40.6 Å². The Kier molecular flexibility index (Phi) is 7.41. The Balaban J connectivity index is 1.85. The Morgan fingerprint density at radius 1 is 1.20 bits per heavy atom. The Bertz CT molecular complexity index is 574. The van der Waals surface area contributed by atoms with Gasteiger partial charge in [0.05, 0.1) is 0 Å². The third-order valence-electron chi connectivity index (χ3n) is 5.04.